The van der Waals surface area contributed by atoms with Crippen molar-refractivity contribution in [3.05, 3.63) is 46.7 Å². The summed E-state index contributed by atoms with van der Waals surface area (Å²) in [6, 6.07) is 7.27. The van der Waals surface area contributed by atoms with Gasteiger partial charge in [-0.1, -0.05) is 35.4 Å². The number of carbonyl (C=O) groups excluding carboxylic acids is 2. The molecule has 2 atom stereocenters. The van der Waals surface area contributed by atoms with Crippen molar-refractivity contribution in [3.63, 3.8) is 0 Å². The van der Waals surface area contributed by atoms with Crippen molar-refractivity contribution in [1.29, 1.82) is 0 Å². The highest BCUT2D eigenvalue weighted by atomic mass is 35.5. The van der Waals surface area contributed by atoms with E-state index in [9.17, 15) is 9.59 Å². The van der Waals surface area contributed by atoms with E-state index in [1.165, 1.54) is 26.2 Å². The van der Waals surface area contributed by atoms with Gasteiger partial charge in [0.2, 0.25) is 11.8 Å². The molecule has 1 aliphatic rings. The summed E-state index contributed by atoms with van der Waals surface area (Å²) in [5.74, 6) is -0.343. The van der Waals surface area contributed by atoms with Crippen LogP contribution in [0.5, 0.6) is 0 Å². The van der Waals surface area contributed by atoms with Gasteiger partial charge >= 0.3 is 0 Å². The van der Waals surface area contributed by atoms with E-state index < -0.39 is 6.04 Å². The van der Waals surface area contributed by atoms with Crippen LogP contribution < -0.4 is 16.0 Å². The van der Waals surface area contributed by atoms with Gasteiger partial charge < -0.3 is 16.0 Å². The van der Waals surface area contributed by atoms with Crippen LogP contribution in [0.15, 0.2) is 30.5 Å². The zero-order valence-electron chi connectivity index (χ0n) is 17.4. The SMILES string of the molecule is CC(=O)NC(CC(=O)NCC(C)n1cc(CNC2CCC2)nn1)c1ccc(Cl)cc1. The molecule has 3 N–H and O–H groups in total. The highest BCUT2D eigenvalue weighted by Crippen LogP contribution is 2.20. The Morgan fingerprint density at radius 1 is 1.27 bits per heavy atom. The van der Waals surface area contributed by atoms with Crippen molar-refractivity contribution in [1.82, 2.24) is 30.9 Å². The van der Waals surface area contributed by atoms with E-state index in [0.29, 0.717) is 24.2 Å². The lowest BCUT2D eigenvalue weighted by molar-refractivity contribution is -0.122. The van der Waals surface area contributed by atoms with Crippen molar-refractivity contribution >= 4 is 23.4 Å². The molecule has 9 heteroatoms. The first kappa shape index (κ1) is 22.2. The Morgan fingerprint density at radius 2 is 2.00 bits per heavy atom. The molecular formula is C21H29ClN6O2. The molecule has 30 heavy (non-hydrogen) atoms. The first-order valence-corrected chi connectivity index (χ1v) is 10.7. The number of halogens is 1. The van der Waals surface area contributed by atoms with Gasteiger partial charge in [-0.25, -0.2) is 4.68 Å². The summed E-state index contributed by atoms with van der Waals surface area (Å²) in [7, 11) is 0. The summed E-state index contributed by atoms with van der Waals surface area (Å²) >= 11 is 5.93. The predicted molar refractivity (Wildman–Crippen MR) is 115 cm³/mol. The number of nitrogens with zero attached hydrogens (tertiary/aromatic N) is 3. The highest BCUT2D eigenvalue weighted by molar-refractivity contribution is 6.30. The fraction of sp³-hybridized carbons (Fsp3) is 0.524. The number of hydrogen-bond donors (Lipinski definition) is 3. The number of nitrogens with one attached hydrogen (secondary N) is 3. The molecule has 1 aliphatic carbocycles. The Kier molecular flexibility index (Phi) is 7.81. The third kappa shape index (κ3) is 6.53. The van der Waals surface area contributed by atoms with E-state index in [4.69, 9.17) is 11.6 Å². The van der Waals surface area contributed by atoms with E-state index in [2.05, 4.69) is 26.3 Å². The minimum Gasteiger partial charge on any atom is -0.354 e. The maximum atomic E-state index is 12.5. The van der Waals surface area contributed by atoms with Crippen molar-refractivity contribution in [2.24, 2.45) is 0 Å². The van der Waals surface area contributed by atoms with Gasteiger partial charge in [0.05, 0.1) is 30.4 Å². The lowest BCUT2D eigenvalue weighted by Crippen LogP contribution is -2.35. The van der Waals surface area contributed by atoms with Gasteiger partial charge in [0.1, 0.15) is 0 Å². The third-order valence-corrected chi connectivity index (χ3v) is 5.57. The summed E-state index contributed by atoms with van der Waals surface area (Å²) < 4.78 is 1.77. The number of hydrogen-bond acceptors (Lipinski definition) is 5. The van der Waals surface area contributed by atoms with Gasteiger partial charge in [-0.3, -0.25) is 9.59 Å². The maximum Gasteiger partial charge on any atom is 0.222 e. The van der Waals surface area contributed by atoms with E-state index in [1.54, 1.807) is 16.8 Å². The molecule has 0 aliphatic heterocycles. The van der Waals surface area contributed by atoms with Gasteiger partial charge in [-0.05, 0) is 37.5 Å². The van der Waals surface area contributed by atoms with Crippen LogP contribution >= 0.6 is 11.6 Å². The lowest BCUT2D eigenvalue weighted by Gasteiger charge is -2.25. The molecule has 1 fully saturated rings. The number of amides is 2. The van der Waals surface area contributed by atoms with E-state index in [0.717, 1.165) is 11.3 Å². The molecule has 1 saturated carbocycles. The molecule has 1 heterocycles. The van der Waals surface area contributed by atoms with Crippen molar-refractivity contribution in [2.45, 2.75) is 64.2 Å². The monoisotopic (exact) mass is 432 g/mol. The van der Waals surface area contributed by atoms with Crippen LogP contribution in [-0.4, -0.2) is 39.4 Å². The van der Waals surface area contributed by atoms with Crippen LogP contribution in [0.1, 0.15) is 62.9 Å². The van der Waals surface area contributed by atoms with Crippen molar-refractivity contribution < 1.29 is 9.59 Å². The minimum atomic E-state index is -0.411. The molecule has 1 aromatic carbocycles. The Labute approximate surface area is 181 Å². The second-order valence-electron chi connectivity index (χ2n) is 7.86. The molecule has 0 bridgehead atoms. The quantitative estimate of drug-likeness (QED) is 0.535. The zero-order valence-corrected chi connectivity index (χ0v) is 18.2. The lowest BCUT2D eigenvalue weighted by atomic mass is 9.93. The molecule has 1 aromatic heterocycles. The third-order valence-electron chi connectivity index (χ3n) is 5.32. The summed E-state index contributed by atoms with van der Waals surface area (Å²) in [5.41, 5.74) is 1.73. The molecule has 8 nitrogen and oxygen atoms in total. The molecule has 2 amide bonds. The van der Waals surface area contributed by atoms with Crippen molar-refractivity contribution in [3.8, 4) is 0 Å². The number of carbonyl (C=O) groups is 2. The normalized spacial score (nSPS) is 15.8. The minimum absolute atomic E-state index is 0.0337. The first-order valence-electron chi connectivity index (χ1n) is 10.3. The van der Waals surface area contributed by atoms with Crippen LogP contribution in [0.4, 0.5) is 0 Å². The molecule has 162 valence electrons. The average Bonchev–Trinajstić information content (AvgIpc) is 3.14. The largest absolute Gasteiger partial charge is 0.354 e. The van der Waals surface area contributed by atoms with E-state index >= 15 is 0 Å². The van der Waals surface area contributed by atoms with E-state index in [-0.39, 0.29) is 24.3 Å². The molecule has 0 spiro atoms. The standard InChI is InChI=1S/C21H29ClN6O2/c1-14(28-13-19(26-27-28)12-23-18-4-3-5-18)11-24-21(30)10-20(25-15(2)29)16-6-8-17(22)9-7-16/h6-9,13-14,18,20,23H,3-5,10-12H2,1-2H3,(H,24,30)(H,25,29). The van der Waals surface area contributed by atoms with Gasteiger partial charge in [0.25, 0.3) is 0 Å². The molecule has 3 rings (SSSR count). The smallest absolute Gasteiger partial charge is 0.222 e. The molecule has 0 saturated heterocycles. The second-order valence-corrected chi connectivity index (χ2v) is 8.30. The summed E-state index contributed by atoms with van der Waals surface area (Å²) in [6.07, 6.45) is 5.80. The Bertz CT molecular complexity index is 849. The van der Waals surface area contributed by atoms with Crippen molar-refractivity contribution in [2.75, 3.05) is 6.54 Å². The number of benzene rings is 1. The van der Waals surface area contributed by atoms with Gasteiger partial charge in [0.15, 0.2) is 0 Å². The Balaban J connectivity index is 1.48. The Morgan fingerprint density at radius 3 is 2.63 bits per heavy atom. The summed E-state index contributed by atoms with van der Waals surface area (Å²) in [4.78, 5) is 24.0. The highest BCUT2D eigenvalue weighted by Gasteiger charge is 2.19. The van der Waals surface area contributed by atoms with Crippen LogP contribution in [0, 0.1) is 0 Å². The van der Waals surface area contributed by atoms with E-state index in [1.807, 2.05) is 25.3 Å². The second kappa shape index (κ2) is 10.5. The van der Waals surface area contributed by atoms with Crippen LogP contribution in [0.2, 0.25) is 5.02 Å². The average molecular weight is 433 g/mol. The zero-order chi connectivity index (χ0) is 21.5. The fourth-order valence-corrected chi connectivity index (χ4v) is 3.40. The fourth-order valence-electron chi connectivity index (χ4n) is 3.28. The van der Waals surface area contributed by atoms with Crippen LogP contribution in [-0.2, 0) is 16.1 Å². The van der Waals surface area contributed by atoms with Crippen LogP contribution in [0.25, 0.3) is 0 Å². The molecule has 2 unspecified atom stereocenters. The molecule has 2 aromatic rings. The van der Waals surface area contributed by atoms with Gasteiger partial charge in [-0.15, -0.1) is 5.10 Å². The topological polar surface area (TPSA) is 101 Å². The molecular weight excluding hydrogens is 404 g/mol. The maximum absolute atomic E-state index is 12.5. The summed E-state index contributed by atoms with van der Waals surface area (Å²) in [5, 5.41) is 18.2. The van der Waals surface area contributed by atoms with Gasteiger partial charge in [0, 0.05) is 31.1 Å². The summed E-state index contributed by atoms with van der Waals surface area (Å²) in [6.45, 7) is 4.54. The van der Waals surface area contributed by atoms with Gasteiger partial charge in [-0.2, -0.15) is 0 Å². The molecule has 0 radical (unpaired) electrons. The predicted octanol–water partition coefficient (Wildman–Crippen LogP) is 2.52. The number of rotatable bonds is 10. The number of aromatic nitrogens is 3. The van der Waals surface area contributed by atoms with Crippen LogP contribution in [0.3, 0.4) is 0 Å². The Hall–Kier alpha value is -2.45. The first-order chi connectivity index (χ1) is 14.4.